The molecular weight excluding hydrogens is 241 g/mol. The van der Waals surface area contributed by atoms with Crippen molar-refractivity contribution >= 4 is 0 Å². The zero-order valence-corrected chi connectivity index (χ0v) is 13.7. The Bertz CT molecular complexity index is 282. The van der Waals surface area contributed by atoms with Crippen LogP contribution in [0.4, 0.5) is 4.39 Å². The largest absolute Gasteiger partial charge is 0.385 e. The summed E-state index contributed by atoms with van der Waals surface area (Å²) < 4.78 is 11.3. The smallest absolute Gasteiger partial charge is 0.0926 e. The first-order valence-electron chi connectivity index (χ1n) is 7.23. The monoisotopic (exact) mass is 273 g/mol. The predicted molar refractivity (Wildman–Crippen MR) is 82.9 cm³/mol. The minimum atomic E-state index is -0.556. The fourth-order valence-corrected chi connectivity index (χ4v) is 1.85. The lowest BCUT2D eigenvalue weighted by Gasteiger charge is -2.39. The van der Waals surface area contributed by atoms with Crippen LogP contribution in [0.2, 0.25) is 0 Å². The van der Waals surface area contributed by atoms with Crippen LogP contribution in [0.5, 0.6) is 0 Å². The molecule has 0 radical (unpaired) electrons. The highest BCUT2D eigenvalue weighted by molar-refractivity contribution is 5.16. The number of halogens is 1. The average Bonchev–Trinajstić information content (AvgIpc) is 2.44. The summed E-state index contributed by atoms with van der Waals surface area (Å²) in [5.74, 6) is 0.201. The maximum Gasteiger partial charge on any atom is 0.0926 e. The van der Waals surface area contributed by atoms with E-state index in [4.69, 9.17) is 0 Å². The van der Waals surface area contributed by atoms with Crippen molar-refractivity contribution in [3.8, 4) is 0 Å². The Morgan fingerprint density at radius 3 is 2.05 bits per heavy atom. The Balaban J connectivity index is 0. The van der Waals surface area contributed by atoms with Crippen molar-refractivity contribution in [1.29, 1.82) is 0 Å². The lowest BCUT2D eigenvalue weighted by Crippen LogP contribution is -2.49. The number of rotatable bonds is 1. The molecule has 3 heteroatoms. The third kappa shape index (κ3) is 7.48. The highest BCUT2D eigenvalue weighted by Crippen LogP contribution is 2.31. The van der Waals surface area contributed by atoms with Gasteiger partial charge in [-0.05, 0) is 46.2 Å². The SMILES string of the molecule is C/C=C(\C)C1(O)CCNCC1C.C/C=C(\C)F.CC. The Hall–Kier alpha value is -0.670. The van der Waals surface area contributed by atoms with Gasteiger partial charge in [-0.25, -0.2) is 4.39 Å². The summed E-state index contributed by atoms with van der Waals surface area (Å²) in [4.78, 5) is 0. The molecule has 1 aliphatic heterocycles. The molecule has 0 saturated carbocycles. The van der Waals surface area contributed by atoms with Gasteiger partial charge >= 0.3 is 0 Å². The summed E-state index contributed by atoms with van der Waals surface area (Å²) in [6.07, 6.45) is 4.27. The van der Waals surface area contributed by atoms with Gasteiger partial charge in [-0.2, -0.15) is 0 Å². The van der Waals surface area contributed by atoms with Gasteiger partial charge in [-0.15, -0.1) is 0 Å². The highest BCUT2D eigenvalue weighted by Gasteiger charge is 2.36. The van der Waals surface area contributed by atoms with Gasteiger partial charge in [0.15, 0.2) is 0 Å². The summed E-state index contributed by atoms with van der Waals surface area (Å²) in [7, 11) is 0. The normalized spacial score (nSPS) is 27.7. The van der Waals surface area contributed by atoms with Crippen LogP contribution < -0.4 is 5.32 Å². The summed E-state index contributed by atoms with van der Waals surface area (Å²) in [6.45, 7) is 15.0. The van der Waals surface area contributed by atoms with Crippen LogP contribution in [0.3, 0.4) is 0 Å². The van der Waals surface area contributed by atoms with Crippen LogP contribution in [-0.2, 0) is 0 Å². The van der Waals surface area contributed by atoms with Gasteiger partial charge in [0.1, 0.15) is 0 Å². The van der Waals surface area contributed by atoms with Gasteiger partial charge < -0.3 is 10.4 Å². The summed E-state index contributed by atoms with van der Waals surface area (Å²) in [5, 5.41) is 13.6. The maximum atomic E-state index is 11.3. The molecule has 0 aliphatic carbocycles. The van der Waals surface area contributed by atoms with Crippen LogP contribution in [0.25, 0.3) is 0 Å². The Morgan fingerprint density at radius 2 is 1.74 bits per heavy atom. The lowest BCUT2D eigenvalue weighted by atomic mass is 9.78. The molecule has 0 aromatic rings. The average molecular weight is 273 g/mol. The first kappa shape index (κ1) is 20.6. The van der Waals surface area contributed by atoms with Crippen LogP contribution in [-0.4, -0.2) is 23.8 Å². The summed E-state index contributed by atoms with van der Waals surface area (Å²) in [6, 6.07) is 0. The van der Waals surface area contributed by atoms with Gasteiger partial charge in [0, 0.05) is 12.5 Å². The van der Waals surface area contributed by atoms with Crippen LogP contribution in [0.15, 0.2) is 23.6 Å². The van der Waals surface area contributed by atoms with E-state index >= 15 is 0 Å². The van der Waals surface area contributed by atoms with Crippen molar-refractivity contribution < 1.29 is 9.50 Å². The molecule has 2 atom stereocenters. The van der Waals surface area contributed by atoms with Crippen molar-refractivity contribution in [3.63, 3.8) is 0 Å². The van der Waals surface area contributed by atoms with Gasteiger partial charge in [0.05, 0.1) is 11.4 Å². The van der Waals surface area contributed by atoms with E-state index in [1.54, 1.807) is 6.92 Å². The number of aliphatic hydroxyl groups is 1. The molecule has 2 unspecified atom stereocenters. The fourth-order valence-electron chi connectivity index (χ4n) is 1.85. The minimum absolute atomic E-state index is 0.120. The second-order valence-corrected chi connectivity index (χ2v) is 4.63. The molecule has 0 aromatic heterocycles. The standard InChI is InChI=1S/C10H19NO.C4H7F.C2H6/c1-4-8(2)10(12)5-6-11-7-9(10)3;1-3-4(2)5;1-2/h4,9,11-12H,5-7H2,1-3H3;3H,1-2H3;1-2H3/b8-4+;4-3+;. The molecule has 1 fully saturated rings. The van der Waals surface area contributed by atoms with E-state index in [1.807, 2.05) is 33.8 Å². The maximum absolute atomic E-state index is 11.3. The Labute approximate surface area is 118 Å². The van der Waals surface area contributed by atoms with Crippen molar-refractivity contribution in [2.24, 2.45) is 5.92 Å². The van der Waals surface area contributed by atoms with E-state index in [1.165, 1.54) is 13.0 Å². The number of piperidine rings is 1. The fraction of sp³-hybridized carbons (Fsp3) is 0.750. The van der Waals surface area contributed by atoms with E-state index in [-0.39, 0.29) is 5.83 Å². The van der Waals surface area contributed by atoms with Crippen molar-refractivity contribution in [2.45, 2.75) is 60.5 Å². The first-order valence-corrected chi connectivity index (χ1v) is 7.23. The van der Waals surface area contributed by atoms with E-state index < -0.39 is 5.60 Å². The molecule has 1 aliphatic rings. The second kappa shape index (κ2) is 11.2. The van der Waals surface area contributed by atoms with E-state index in [2.05, 4.69) is 12.2 Å². The highest BCUT2D eigenvalue weighted by atomic mass is 19.1. The van der Waals surface area contributed by atoms with Gasteiger partial charge in [-0.3, -0.25) is 0 Å². The lowest BCUT2D eigenvalue weighted by molar-refractivity contribution is 0.000509. The summed E-state index contributed by atoms with van der Waals surface area (Å²) >= 11 is 0. The summed E-state index contributed by atoms with van der Waals surface area (Å²) in [5.41, 5.74) is 0.552. The number of hydrogen-bond acceptors (Lipinski definition) is 2. The molecule has 0 spiro atoms. The topological polar surface area (TPSA) is 32.3 Å². The molecule has 2 N–H and O–H groups in total. The zero-order valence-electron chi connectivity index (χ0n) is 13.7. The predicted octanol–water partition coefficient (Wildman–Crippen LogP) is 4.22. The molecule has 0 amide bonds. The Morgan fingerprint density at radius 1 is 1.26 bits per heavy atom. The van der Waals surface area contributed by atoms with Crippen LogP contribution in [0.1, 0.15) is 54.9 Å². The molecule has 114 valence electrons. The third-order valence-corrected chi connectivity index (χ3v) is 3.46. The minimum Gasteiger partial charge on any atom is -0.385 e. The molecule has 19 heavy (non-hydrogen) atoms. The zero-order chi connectivity index (χ0) is 15.5. The van der Waals surface area contributed by atoms with Gasteiger partial charge in [-0.1, -0.05) is 32.9 Å². The molecule has 1 rings (SSSR count). The van der Waals surface area contributed by atoms with E-state index in [0.717, 1.165) is 25.1 Å². The molecular formula is C16H32FNO. The molecule has 1 heterocycles. The van der Waals surface area contributed by atoms with Crippen molar-refractivity contribution in [1.82, 2.24) is 5.32 Å². The molecule has 0 bridgehead atoms. The quantitative estimate of drug-likeness (QED) is 0.701. The second-order valence-electron chi connectivity index (χ2n) is 4.63. The number of allylic oxidation sites excluding steroid dienone is 3. The third-order valence-electron chi connectivity index (χ3n) is 3.46. The van der Waals surface area contributed by atoms with E-state index in [9.17, 15) is 9.50 Å². The van der Waals surface area contributed by atoms with E-state index in [0.29, 0.717) is 5.92 Å². The van der Waals surface area contributed by atoms with Gasteiger partial charge in [0.25, 0.3) is 0 Å². The number of nitrogens with one attached hydrogen (secondary N) is 1. The van der Waals surface area contributed by atoms with Crippen molar-refractivity contribution in [2.75, 3.05) is 13.1 Å². The van der Waals surface area contributed by atoms with Crippen molar-refractivity contribution in [3.05, 3.63) is 23.6 Å². The van der Waals surface area contributed by atoms with Crippen LogP contribution in [0, 0.1) is 5.92 Å². The molecule has 0 aromatic carbocycles. The van der Waals surface area contributed by atoms with Gasteiger partial charge in [0.2, 0.25) is 0 Å². The van der Waals surface area contributed by atoms with Crippen LogP contribution >= 0.6 is 0 Å². The molecule has 2 nitrogen and oxygen atoms in total. The first-order chi connectivity index (χ1) is 8.88. The number of hydrogen-bond donors (Lipinski definition) is 2. The Kier molecular flexibility index (Phi) is 12.1. The molecule has 1 saturated heterocycles.